The molecule has 1 saturated heterocycles. The van der Waals surface area contributed by atoms with Crippen LogP contribution in [0.25, 0.3) is 11.4 Å². The predicted molar refractivity (Wildman–Crippen MR) is 107 cm³/mol. The van der Waals surface area contributed by atoms with Crippen molar-refractivity contribution in [3.63, 3.8) is 0 Å². The maximum atomic E-state index is 12.8. The van der Waals surface area contributed by atoms with Crippen LogP contribution in [-0.2, 0) is 12.7 Å². The number of nitrogens with one attached hydrogen (secondary N) is 2. The molecule has 158 valence electrons. The Morgan fingerprint density at radius 1 is 1.03 bits per heavy atom. The number of rotatable bonds is 5. The molecule has 1 aliphatic carbocycles. The zero-order chi connectivity index (χ0) is 20.4. The quantitative estimate of drug-likeness (QED) is 0.742. The van der Waals surface area contributed by atoms with E-state index in [2.05, 4.69) is 20.2 Å². The fraction of sp³-hybridized carbons (Fsp3) is 0.591. The molecule has 0 spiro atoms. The Labute approximate surface area is 169 Å². The third-order valence-electron chi connectivity index (χ3n) is 6.26. The second-order valence-corrected chi connectivity index (χ2v) is 8.43. The van der Waals surface area contributed by atoms with E-state index in [1.165, 1.54) is 37.8 Å². The van der Waals surface area contributed by atoms with E-state index in [1.54, 1.807) is 0 Å². The number of halogens is 3. The van der Waals surface area contributed by atoms with Gasteiger partial charge >= 0.3 is 6.18 Å². The van der Waals surface area contributed by atoms with Crippen LogP contribution < -0.4 is 5.32 Å². The molecule has 0 bridgehead atoms. The molecule has 0 unspecified atom stereocenters. The number of alkyl halides is 3. The van der Waals surface area contributed by atoms with Gasteiger partial charge in [0.2, 0.25) is 0 Å². The summed E-state index contributed by atoms with van der Waals surface area (Å²) in [6.07, 6.45) is 3.35. The molecule has 4 rings (SSSR count). The van der Waals surface area contributed by atoms with E-state index < -0.39 is 11.7 Å². The monoisotopic (exact) mass is 406 g/mol. The zero-order valence-corrected chi connectivity index (χ0v) is 16.9. The summed E-state index contributed by atoms with van der Waals surface area (Å²) < 4.78 is 38.3. The normalized spacial score (nSPS) is 19.9. The summed E-state index contributed by atoms with van der Waals surface area (Å²) in [4.78, 5) is 10.3. The molecule has 0 atom stereocenters. The van der Waals surface area contributed by atoms with Crippen molar-refractivity contribution in [3.05, 3.63) is 41.2 Å². The molecule has 2 N–H and O–H groups in total. The summed E-state index contributed by atoms with van der Waals surface area (Å²) in [7, 11) is 0. The number of hydrogen-bond donors (Lipinski definition) is 2. The van der Waals surface area contributed by atoms with Gasteiger partial charge < -0.3 is 10.3 Å². The van der Waals surface area contributed by atoms with Gasteiger partial charge in [0, 0.05) is 43.0 Å². The molecule has 2 fully saturated rings. The molecule has 0 radical (unpaired) electrons. The van der Waals surface area contributed by atoms with Gasteiger partial charge in [-0.25, -0.2) is 4.98 Å². The smallest absolute Gasteiger partial charge is 0.342 e. The van der Waals surface area contributed by atoms with Crippen LogP contribution in [0.5, 0.6) is 0 Å². The fourth-order valence-corrected chi connectivity index (χ4v) is 4.50. The molecule has 1 aromatic carbocycles. The average molecular weight is 406 g/mol. The Morgan fingerprint density at radius 3 is 2.28 bits per heavy atom. The number of likely N-dealkylation sites (tertiary alicyclic amines) is 1. The summed E-state index contributed by atoms with van der Waals surface area (Å²) in [6.45, 7) is 4.85. The van der Waals surface area contributed by atoms with Crippen molar-refractivity contribution >= 4 is 0 Å². The van der Waals surface area contributed by atoms with Crippen molar-refractivity contribution in [2.75, 3.05) is 13.1 Å². The summed E-state index contributed by atoms with van der Waals surface area (Å²) >= 11 is 0. The molecule has 4 nitrogen and oxygen atoms in total. The van der Waals surface area contributed by atoms with Crippen molar-refractivity contribution < 1.29 is 13.2 Å². The van der Waals surface area contributed by atoms with Gasteiger partial charge in [-0.2, -0.15) is 13.2 Å². The molecular formula is C22H29F3N4. The molecule has 1 aliphatic heterocycles. The molecule has 2 heterocycles. The van der Waals surface area contributed by atoms with Gasteiger partial charge in [-0.3, -0.25) is 4.90 Å². The Hall–Kier alpha value is -1.86. The van der Waals surface area contributed by atoms with Gasteiger partial charge in [-0.05, 0) is 44.7 Å². The lowest BCUT2D eigenvalue weighted by molar-refractivity contribution is -0.137. The molecule has 2 aliphatic rings. The molecule has 2 aromatic rings. The van der Waals surface area contributed by atoms with Crippen LogP contribution in [0.4, 0.5) is 13.2 Å². The topological polar surface area (TPSA) is 44.0 Å². The van der Waals surface area contributed by atoms with Gasteiger partial charge in [0.15, 0.2) is 0 Å². The van der Waals surface area contributed by atoms with E-state index in [0.717, 1.165) is 56.0 Å². The average Bonchev–Trinajstić information content (AvgIpc) is 3.33. The third kappa shape index (κ3) is 5.01. The Bertz CT molecular complexity index is 798. The van der Waals surface area contributed by atoms with Crippen LogP contribution in [0.15, 0.2) is 24.3 Å². The zero-order valence-electron chi connectivity index (χ0n) is 16.9. The summed E-state index contributed by atoms with van der Waals surface area (Å²) in [5.74, 6) is 0.629. The minimum atomic E-state index is -4.32. The van der Waals surface area contributed by atoms with Gasteiger partial charge in [-0.15, -0.1) is 0 Å². The minimum Gasteiger partial charge on any atom is -0.342 e. The number of nitrogens with zero attached hydrogens (tertiary/aromatic N) is 2. The number of aromatic amines is 1. The van der Waals surface area contributed by atoms with Crippen LogP contribution in [0.2, 0.25) is 0 Å². The predicted octanol–water partition coefficient (Wildman–Crippen LogP) is 4.90. The van der Waals surface area contributed by atoms with Crippen LogP contribution in [-0.4, -0.2) is 40.0 Å². The Balaban J connectivity index is 1.34. The number of aryl methyl sites for hydroxylation is 1. The highest BCUT2D eigenvalue weighted by Crippen LogP contribution is 2.30. The van der Waals surface area contributed by atoms with Crippen molar-refractivity contribution in [2.45, 2.75) is 70.3 Å². The van der Waals surface area contributed by atoms with Gasteiger partial charge in [0.1, 0.15) is 5.82 Å². The van der Waals surface area contributed by atoms with E-state index in [0.29, 0.717) is 23.5 Å². The van der Waals surface area contributed by atoms with Crippen LogP contribution in [0.1, 0.15) is 55.5 Å². The van der Waals surface area contributed by atoms with E-state index in [1.807, 2.05) is 6.92 Å². The molecule has 29 heavy (non-hydrogen) atoms. The van der Waals surface area contributed by atoms with E-state index in [4.69, 9.17) is 0 Å². The van der Waals surface area contributed by atoms with Crippen LogP contribution in [0.3, 0.4) is 0 Å². The lowest BCUT2D eigenvalue weighted by atomic mass is 10.0. The maximum Gasteiger partial charge on any atom is 0.416 e. The molecule has 1 aromatic heterocycles. The number of aromatic nitrogens is 2. The van der Waals surface area contributed by atoms with Crippen LogP contribution >= 0.6 is 0 Å². The summed E-state index contributed by atoms with van der Waals surface area (Å²) in [5.41, 5.74) is 1.99. The number of H-pyrrole nitrogens is 1. The highest BCUT2D eigenvalue weighted by molar-refractivity contribution is 5.56. The highest BCUT2D eigenvalue weighted by Gasteiger charge is 2.30. The van der Waals surface area contributed by atoms with E-state index >= 15 is 0 Å². The summed E-state index contributed by atoms with van der Waals surface area (Å²) in [5, 5.41) is 3.83. The summed E-state index contributed by atoms with van der Waals surface area (Å²) in [6, 6.07) is 6.50. The van der Waals surface area contributed by atoms with Crippen molar-refractivity contribution in [3.8, 4) is 11.4 Å². The first-order chi connectivity index (χ1) is 13.9. The SMILES string of the molecule is Cc1[nH]c(-c2ccc(C(F)(F)F)cc2)nc1CN1CCC(NC2CCCC2)CC1. The second kappa shape index (κ2) is 8.48. The van der Waals surface area contributed by atoms with Crippen LogP contribution in [0, 0.1) is 6.92 Å². The molecular weight excluding hydrogens is 377 g/mol. The van der Waals surface area contributed by atoms with Gasteiger partial charge in [-0.1, -0.05) is 25.0 Å². The Kier molecular flexibility index (Phi) is 5.97. The van der Waals surface area contributed by atoms with E-state index in [-0.39, 0.29) is 0 Å². The number of hydrogen-bond acceptors (Lipinski definition) is 3. The lowest BCUT2D eigenvalue weighted by Gasteiger charge is -2.33. The van der Waals surface area contributed by atoms with Gasteiger partial charge in [0.25, 0.3) is 0 Å². The largest absolute Gasteiger partial charge is 0.416 e. The first-order valence-electron chi connectivity index (χ1n) is 10.6. The van der Waals surface area contributed by atoms with E-state index in [9.17, 15) is 13.2 Å². The van der Waals surface area contributed by atoms with Crippen molar-refractivity contribution in [1.29, 1.82) is 0 Å². The van der Waals surface area contributed by atoms with Crippen molar-refractivity contribution in [1.82, 2.24) is 20.2 Å². The second-order valence-electron chi connectivity index (χ2n) is 8.43. The lowest BCUT2D eigenvalue weighted by Crippen LogP contribution is -2.45. The van der Waals surface area contributed by atoms with Gasteiger partial charge in [0.05, 0.1) is 11.3 Å². The highest BCUT2D eigenvalue weighted by atomic mass is 19.4. The first-order valence-corrected chi connectivity index (χ1v) is 10.6. The molecule has 7 heteroatoms. The fourth-order valence-electron chi connectivity index (χ4n) is 4.50. The molecule has 1 saturated carbocycles. The number of piperidine rings is 1. The van der Waals surface area contributed by atoms with Crippen molar-refractivity contribution in [2.24, 2.45) is 0 Å². The third-order valence-corrected chi connectivity index (χ3v) is 6.26. The maximum absolute atomic E-state index is 12.8. The Morgan fingerprint density at radius 2 is 1.66 bits per heavy atom. The number of benzene rings is 1. The molecule has 0 amide bonds. The minimum absolute atomic E-state index is 0.623. The first kappa shape index (κ1) is 20.4. The number of imidazole rings is 1. The standard InChI is InChI=1S/C22H29F3N4/c1-15-20(14-29-12-10-19(11-13-29)27-18-4-2-3-5-18)28-21(26-15)16-6-8-17(9-7-16)22(23,24)25/h6-9,18-19,27H,2-5,10-14H2,1H3,(H,26,28).